The molecule has 0 saturated carbocycles. The highest BCUT2D eigenvalue weighted by molar-refractivity contribution is 7.89. The van der Waals surface area contributed by atoms with E-state index in [-0.39, 0.29) is 17.9 Å². The van der Waals surface area contributed by atoms with Crippen LogP contribution in [0.2, 0.25) is 0 Å². The first-order valence-electron chi connectivity index (χ1n) is 11.1. The summed E-state index contributed by atoms with van der Waals surface area (Å²) in [4.78, 5) is 19.9. The Kier molecular flexibility index (Phi) is 6.17. The number of rotatable bonds is 4. The minimum atomic E-state index is -3.56. The Morgan fingerprint density at radius 2 is 1.71 bits per heavy atom. The quantitative estimate of drug-likeness (QED) is 0.724. The van der Waals surface area contributed by atoms with Gasteiger partial charge in [0, 0.05) is 37.9 Å². The molecule has 0 radical (unpaired) electrons. The molecule has 0 N–H and O–H groups in total. The van der Waals surface area contributed by atoms with Crippen LogP contribution in [0.1, 0.15) is 54.0 Å². The smallest absolute Gasteiger partial charge is 0.243 e. The predicted molar refractivity (Wildman–Crippen MR) is 120 cm³/mol. The van der Waals surface area contributed by atoms with Crippen LogP contribution in [0.4, 0.5) is 0 Å². The van der Waals surface area contributed by atoms with Crippen molar-refractivity contribution in [2.45, 2.75) is 57.4 Å². The van der Waals surface area contributed by atoms with E-state index in [9.17, 15) is 13.2 Å². The molecule has 0 bridgehead atoms. The number of benzene rings is 1. The van der Waals surface area contributed by atoms with Crippen LogP contribution >= 0.6 is 0 Å². The highest BCUT2D eigenvalue weighted by Crippen LogP contribution is 2.35. The van der Waals surface area contributed by atoms with Crippen LogP contribution in [-0.2, 0) is 14.8 Å². The maximum absolute atomic E-state index is 13.3. The Morgan fingerprint density at radius 3 is 2.32 bits per heavy atom. The zero-order chi connectivity index (χ0) is 22.2. The Morgan fingerprint density at radius 1 is 1.03 bits per heavy atom. The van der Waals surface area contributed by atoms with Crippen molar-refractivity contribution in [3.8, 4) is 0 Å². The number of sulfonamides is 1. The Bertz CT molecular complexity index is 1040. The number of carbonyl (C=O) groups excluding carboxylic acids is 1. The average Bonchev–Trinajstić information content (AvgIpc) is 3.23. The summed E-state index contributed by atoms with van der Waals surface area (Å²) in [5, 5.41) is 0. The second kappa shape index (κ2) is 8.71. The summed E-state index contributed by atoms with van der Waals surface area (Å²) in [6.45, 7) is 7.22. The topological polar surface area (TPSA) is 70.6 Å². The van der Waals surface area contributed by atoms with E-state index in [0.717, 1.165) is 41.6 Å². The molecule has 166 valence electrons. The highest BCUT2D eigenvalue weighted by Gasteiger charge is 2.38. The van der Waals surface area contributed by atoms with Crippen molar-refractivity contribution in [3.63, 3.8) is 0 Å². The van der Waals surface area contributed by atoms with Crippen LogP contribution in [0.15, 0.2) is 41.6 Å². The average molecular weight is 442 g/mol. The lowest BCUT2D eigenvalue weighted by Gasteiger charge is -2.35. The lowest BCUT2D eigenvalue weighted by atomic mass is 9.95. The van der Waals surface area contributed by atoms with Crippen molar-refractivity contribution in [1.29, 1.82) is 0 Å². The van der Waals surface area contributed by atoms with Gasteiger partial charge in [0.15, 0.2) is 0 Å². The van der Waals surface area contributed by atoms with Crippen LogP contribution < -0.4 is 0 Å². The molecule has 2 saturated heterocycles. The van der Waals surface area contributed by atoms with E-state index in [4.69, 9.17) is 0 Å². The second-order valence-electron chi connectivity index (χ2n) is 8.88. The number of piperidine rings is 1. The van der Waals surface area contributed by atoms with Crippen molar-refractivity contribution in [3.05, 3.63) is 58.9 Å². The summed E-state index contributed by atoms with van der Waals surface area (Å²) in [6.07, 6.45) is 6.67. The molecule has 1 unspecified atom stereocenters. The Balaban J connectivity index is 1.46. The number of likely N-dealkylation sites (tertiary alicyclic amines) is 1. The van der Waals surface area contributed by atoms with Crippen molar-refractivity contribution >= 4 is 15.9 Å². The van der Waals surface area contributed by atoms with Gasteiger partial charge in [-0.25, -0.2) is 8.42 Å². The molecule has 0 aliphatic carbocycles. The molecule has 1 aromatic carbocycles. The summed E-state index contributed by atoms with van der Waals surface area (Å²) < 4.78 is 28.2. The van der Waals surface area contributed by atoms with Gasteiger partial charge in [-0.15, -0.1) is 0 Å². The molecule has 1 atom stereocenters. The number of hydrogen-bond donors (Lipinski definition) is 0. The summed E-state index contributed by atoms with van der Waals surface area (Å²) in [5.41, 5.74) is 3.71. The lowest BCUT2D eigenvalue weighted by Crippen LogP contribution is -2.44. The number of carbonyl (C=O) groups is 1. The minimum absolute atomic E-state index is 0.0841. The molecule has 0 spiro atoms. The van der Waals surface area contributed by atoms with Gasteiger partial charge in [-0.1, -0.05) is 23.8 Å². The molecule has 6 nitrogen and oxygen atoms in total. The van der Waals surface area contributed by atoms with Gasteiger partial charge >= 0.3 is 0 Å². The number of nitrogens with zero attached hydrogens (tertiary/aromatic N) is 3. The standard InChI is InChI=1S/C24H31N3O3S/c1-17-14-18(2)23(19(3)15-17)31(29,30)26-12-8-20(9-13-26)24(28)27-11-5-7-22(27)21-6-4-10-25-16-21/h4,6,10,14-16,20,22H,5,7-9,11-13H2,1-3H3. The maximum atomic E-state index is 13.3. The second-order valence-corrected chi connectivity index (χ2v) is 10.8. The fourth-order valence-corrected chi connectivity index (χ4v) is 7.11. The van der Waals surface area contributed by atoms with Crippen LogP contribution in [0.3, 0.4) is 0 Å². The number of hydrogen-bond acceptors (Lipinski definition) is 4. The summed E-state index contributed by atoms with van der Waals surface area (Å²) in [6, 6.07) is 7.87. The lowest BCUT2D eigenvalue weighted by molar-refractivity contribution is -0.137. The fourth-order valence-electron chi connectivity index (χ4n) is 5.23. The summed E-state index contributed by atoms with van der Waals surface area (Å²) >= 11 is 0. The molecule has 2 fully saturated rings. The van der Waals surface area contributed by atoms with Crippen molar-refractivity contribution in [2.75, 3.05) is 19.6 Å². The summed E-state index contributed by atoms with van der Waals surface area (Å²) in [5.74, 6) is 0.0371. The van der Waals surface area contributed by atoms with Gasteiger partial charge in [-0.05, 0) is 69.2 Å². The molecule has 2 aliphatic rings. The van der Waals surface area contributed by atoms with Gasteiger partial charge in [-0.2, -0.15) is 4.31 Å². The van der Waals surface area contributed by atoms with Crippen LogP contribution in [0.25, 0.3) is 0 Å². The van der Waals surface area contributed by atoms with Crippen molar-refractivity contribution < 1.29 is 13.2 Å². The third-order valence-electron chi connectivity index (χ3n) is 6.61. The zero-order valence-electron chi connectivity index (χ0n) is 18.5. The van der Waals surface area contributed by atoms with E-state index in [1.807, 2.05) is 56.1 Å². The van der Waals surface area contributed by atoms with Crippen LogP contribution in [0, 0.1) is 26.7 Å². The van der Waals surface area contributed by atoms with E-state index in [0.29, 0.717) is 30.8 Å². The summed E-state index contributed by atoms with van der Waals surface area (Å²) in [7, 11) is -3.56. The molecule has 4 rings (SSSR count). The predicted octanol–water partition coefficient (Wildman–Crippen LogP) is 3.77. The molecule has 2 aliphatic heterocycles. The first-order chi connectivity index (χ1) is 14.8. The minimum Gasteiger partial charge on any atom is -0.335 e. The number of pyridine rings is 1. The first-order valence-corrected chi connectivity index (χ1v) is 12.5. The monoisotopic (exact) mass is 441 g/mol. The maximum Gasteiger partial charge on any atom is 0.243 e. The molecule has 3 heterocycles. The van der Waals surface area contributed by atoms with Crippen molar-refractivity contribution in [2.24, 2.45) is 5.92 Å². The van der Waals surface area contributed by atoms with Gasteiger partial charge in [0.05, 0.1) is 10.9 Å². The van der Waals surface area contributed by atoms with E-state index >= 15 is 0 Å². The van der Waals surface area contributed by atoms with E-state index < -0.39 is 10.0 Å². The number of aryl methyl sites for hydroxylation is 3. The fraction of sp³-hybridized carbons (Fsp3) is 0.500. The van der Waals surface area contributed by atoms with E-state index in [1.54, 1.807) is 10.5 Å². The zero-order valence-corrected chi connectivity index (χ0v) is 19.4. The molecular weight excluding hydrogens is 410 g/mol. The largest absolute Gasteiger partial charge is 0.335 e. The van der Waals surface area contributed by atoms with Crippen LogP contribution in [-0.4, -0.2) is 48.1 Å². The number of amides is 1. The molecule has 31 heavy (non-hydrogen) atoms. The number of aromatic nitrogens is 1. The Labute approximate surface area is 185 Å². The highest BCUT2D eigenvalue weighted by atomic mass is 32.2. The van der Waals surface area contributed by atoms with Gasteiger partial charge < -0.3 is 4.90 Å². The van der Waals surface area contributed by atoms with Gasteiger partial charge in [-0.3, -0.25) is 9.78 Å². The van der Waals surface area contributed by atoms with Gasteiger partial charge in [0.25, 0.3) is 0 Å². The molecule has 1 amide bonds. The van der Waals surface area contributed by atoms with Gasteiger partial charge in [0.2, 0.25) is 15.9 Å². The van der Waals surface area contributed by atoms with E-state index in [2.05, 4.69) is 4.98 Å². The third kappa shape index (κ3) is 4.26. The molecule has 7 heteroatoms. The Hall–Kier alpha value is -2.25. The molecular formula is C24H31N3O3S. The third-order valence-corrected chi connectivity index (χ3v) is 8.82. The molecule has 2 aromatic rings. The van der Waals surface area contributed by atoms with Gasteiger partial charge in [0.1, 0.15) is 0 Å². The normalized spacial score (nSPS) is 20.9. The SMILES string of the molecule is Cc1cc(C)c(S(=O)(=O)N2CCC(C(=O)N3CCCC3c3cccnc3)CC2)c(C)c1. The first kappa shape index (κ1) is 22.0. The van der Waals surface area contributed by atoms with Crippen molar-refractivity contribution in [1.82, 2.24) is 14.2 Å². The van der Waals surface area contributed by atoms with Crippen LogP contribution in [0.5, 0.6) is 0 Å². The molecule has 1 aromatic heterocycles. The van der Waals surface area contributed by atoms with E-state index in [1.165, 1.54) is 0 Å².